The van der Waals surface area contributed by atoms with E-state index in [-0.39, 0.29) is 5.56 Å². The molecule has 6 rings (SSSR count). The molecule has 0 bridgehead atoms. The van der Waals surface area contributed by atoms with Crippen molar-refractivity contribution in [2.45, 2.75) is 39.4 Å². The Balaban J connectivity index is 1.53. The maximum Gasteiger partial charge on any atom is 0.337 e. The predicted molar refractivity (Wildman–Crippen MR) is 176 cm³/mol. The maximum absolute atomic E-state index is 12.6. The van der Waals surface area contributed by atoms with Crippen LogP contribution in [0.5, 0.6) is 0 Å². The van der Waals surface area contributed by atoms with Gasteiger partial charge in [-0.05, 0) is 81.3 Å². The predicted octanol–water partition coefficient (Wildman–Crippen LogP) is 7.79. The third-order valence-electron chi connectivity index (χ3n) is 7.64. The number of fused-ring (bicyclic) bond motifs is 2. The number of aryl methyl sites for hydroxylation is 2. The third-order valence-corrected chi connectivity index (χ3v) is 9.03. The van der Waals surface area contributed by atoms with Crippen LogP contribution in [0.3, 0.4) is 0 Å². The molecule has 0 fully saturated rings. The number of nitrogens with zero attached hydrogens (tertiary/aromatic N) is 4. The van der Waals surface area contributed by atoms with Gasteiger partial charge in [-0.2, -0.15) is 0 Å². The zero-order chi connectivity index (χ0) is 31.5. The molecule has 0 aliphatic carbocycles. The number of rotatable bonds is 6. The van der Waals surface area contributed by atoms with Crippen molar-refractivity contribution in [1.29, 1.82) is 0 Å². The average Bonchev–Trinajstić information content (AvgIpc) is 3.50. The second kappa shape index (κ2) is 11.0. The van der Waals surface area contributed by atoms with Gasteiger partial charge in [-0.3, -0.25) is 19.1 Å². The summed E-state index contributed by atoms with van der Waals surface area (Å²) in [6, 6.07) is 18.9. The Kier molecular flexibility index (Phi) is 7.44. The molecule has 3 aromatic heterocycles. The number of thiazole rings is 1. The molecule has 3 aromatic carbocycles. The van der Waals surface area contributed by atoms with E-state index in [1.165, 1.54) is 11.3 Å². The molecule has 1 atom stereocenters. The number of aliphatic carboxylic acids is 1. The molecule has 44 heavy (non-hydrogen) atoms. The van der Waals surface area contributed by atoms with Crippen molar-refractivity contribution in [3.05, 3.63) is 93.4 Å². The minimum atomic E-state index is -1.19. The van der Waals surface area contributed by atoms with Gasteiger partial charge >= 0.3 is 5.97 Å². The molecule has 0 saturated heterocycles. The number of ether oxygens (including phenoxy) is 1. The number of carboxylic acid groups (broad SMARTS) is 1. The van der Waals surface area contributed by atoms with Gasteiger partial charge in [-0.15, -0.1) is 11.3 Å². The van der Waals surface area contributed by atoms with Crippen LogP contribution in [0.2, 0.25) is 5.02 Å². The van der Waals surface area contributed by atoms with Gasteiger partial charge < -0.3 is 9.84 Å². The molecule has 8 nitrogen and oxygen atoms in total. The van der Waals surface area contributed by atoms with E-state index in [0.29, 0.717) is 16.0 Å². The maximum atomic E-state index is 12.6. The number of carboxylic acids is 1. The summed E-state index contributed by atoms with van der Waals surface area (Å²) in [7, 11) is 3.60. The van der Waals surface area contributed by atoms with Crippen LogP contribution in [0.15, 0.2) is 71.7 Å². The van der Waals surface area contributed by atoms with E-state index in [2.05, 4.69) is 4.98 Å². The molecule has 6 aromatic rings. The van der Waals surface area contributed by atoms with Gasteiger partial charge in [-0.25, -0.2) is 9.78 Å². The summed E-state index contributed by atoms with van der Waals surface area (Å²) in [5.74, 6) is -1.06. The topological polar surface area (TPSA) is 99.2 Å². The van der Waals surface area contributed by atoms with Crippen LogP contribution in [0.25, 0.3) is 54.1 Å². The number of pyridine rings is 1. The van der Waals surface area contributed by atoms with Gasteiger partial charge in [0.25, 0.3) is 5.56 Å². The largest absolute Gasteiger partial charge is 0.479 e. The second-order valence-corrected chi connectivity index (χ2v) is 13.3. The molecule has 3 heterocycles. The summed E-state index contributed by atoms with van der Waals surface area (Å²) < 4.78 is 10.4. The molecule has 10 heteroatoms. The third kappa shape index (κ3) is 5.32. The summed E-state index contributed by atoms with van der Waals surface area (Å²) >= 11 is 7.73. The summed E-state index contributed by atoms with van der Waals surface area (Å²) in [5, 5.41) is 12.3. The standard InChI is InChI=1S/C34H31ClN4O4S/c1-18-15-25-30(28(19-7-10-22(35)11-8-19)27(18)29(33(41)42)43-34(2,3)4)44-31(37-25)21-13-14-36-24(16-21)20-9-12-23-26(17-20)38(5)39(6)32(23)40/h7-17,29H,1-6H3,(H,41,42)/t29-/m0/s1. The smallest absolute Gasteiger partial charge is 0.337 e. The molecule has 0 aliphatic rings. The lowest BCUT2D eigenvalue weighted by Crippen LogP contribution is -2.28. The van der Waals surface area contributed by atoms with Crippen LogP contribution in [0.1, 0.15) is 38.0 Å². The van der Waals surface area contributed by atoms with E-state index in [4.69, 9.17) is 21.3 Å². The Morgan fingerprint density at radius 2 is 1.68 bits per heavy atom. The molecule has 0 aliphatic heterocycles. The summed E-state index contributed by atoms with van der Waals surface area (Å²) in [4.78, 5) is 34.8. The van der Waals surface area contributed by atoms with Gasteiger partial charge in [0.15, 0.2) is 6.10 Å². The molecule has 0 unspecified atom stereocenters. The highest BCUT2D eigenvalue weighted by atomic mass is 35.5. The van der Waals surface area contributed by atoms with E-state index in [0.717, 1.165) is 54.3 Å². The lowest BCUT2D eigenvalue weighted by atomic mass is 9.91. The number of halogens is 1. The van der Waals surface area contributed by atoms with Crippen molar-refractivity contribution in [2.24, 2.45) is 14.1 Å². The first-order valence-corrected chi connectivity index (χ1v) is 15.2. The van der Waals surface area contributed by atoms with E-state index in [1.54, 1.807) is 30.1 Å². The Labute approximate surface area is 263 Å². The van der Waals surface area contributed by atoms with E-state index < -0.39 is 17.7 Å². The fourth-order valence-corrected chi connectivity index (χ4v) is 6.74. The van der Waals surface area contributed by atoms with Gasteiger partial charge in [0.05, 0.1) is 32.4 Å². The highest BCUT2D eigenvalue weighted by molar-refractivity contribution is 7.22. The van der Waals surface area contributed by atoms with Crippen LogP contribution < -0.4 is 5.56 Å². The first-order valence-electron chi connectivity index (χ1n) is 14.1. The van der Waals surface area contributed by atoms with Crippen molar-refractivity contribution in [3.8, 4) is 33.0 Å². The van der Waals surface area contributed by atoms with E-state index >= 15 is 0 Å². The Hall–Kier alpha value is -4.31. The van der Waals surface area contributed by atoms with Crippen molar-refractivity contribution >= 4 is 50.0 Å². The van der Waals surface area contributed by atoms with Crippen LogP contribution in [-0.4, -0.2) is 36.0 Å². The molecule has 224 valence electrons. The van der Waals surface area contributed by atoms with Gasteiger partial charge in [-0.1, -0.05) is 29.8 Å². The number of hydrogen-bond acceptors (Lipinski definition) is 6. The molecule has 0 spiro atoms. The van der Waals surface area contributed by atoms with Crippen molar-refractivity contribution in [1.82, 2.24) is 19.3 Å². The zero-order valence-electron chi connectivity index (χ0n) is 25.2. The van der Waals surface area contributed by atoms with E-state index in [9.17, 15) is 14.7 Å². The molecule has 0 amide bonds. The normalized spacial score (nSPS) is 12.7. The van der Waals surface area contributed by atoms with Gasteiger partial charge in [0, 0.05) is 47.6 Å². The first-order chi connectivity index (χ1) is 20.8. The second-order valence-electron chi connectivity index (χ2n) is 11.8. The number of aromatic nitrogens is 4. The zero-order valence-corrected chi connectivity index (χ0v) is 26.7. The fourth-order valence-electron chi connectivity index (χ4n) is 5.50. The minimum Gasteiger partial charge on any atom is -0.479 e. The summed E-state index contributed by atoms with van der Waals surface area (Å²) in [5.41, 5.74) is 6.31. The minimum absolute atomic E-state index is 0.0468. The lowest BCUT2D eigenvalue weighted by Gasteiger charge is -2.28. The van der Waals surface area contributed by atoms with Crippen LogP contribution in [0, 0.1) is 6.92 Å². The fraction of sp³-hybridized carbons (Fsp3) is 0.235. The van der Waals surface area contributed by atoms with Crippen LogP contribution in [0.4, 0.5) is 0 Å². The number of carbonyl (C=O) groups is 1. The molecule has 1 N–H and O–H groups in total. The molecule has 0 saturated carbocycles. The number of benzene rings is 3. The van der Waals surface area contributed by atoms with Crippen molar-refractivity contribution in [3.63, 3.8) is 0 Å². The average molecular weight is 627 g/mol. The highest BCUT2D eigenvalue weighted by Gasteiger charge is 2.32. The first kappa shape index (κ1) is 29.7. The molecular formula is C34H31ClN4O4S. The van der Waals surface area contributed by atoms with Crippen LogP contribution >= 0.6 is 22.9 Å². The highest BCUT2D eigenvalue weighted by Crippen LogP contribution is 2.44. The summed E-state index contributed by atoms with van der Waals surface area (Å²) in [6.07, 6.45) is 0.561. The quantitative estimate of drug-likeness (QED) is 0.203. The number of hydrogen-bond donors (Lipinski definition) is 1. The Bertz CT molecular complexity index is 2140. The molecule has 0 radical (unpaired) electrons. The van der Waals surface area contributed by atoms with Crippen molar-refractivity contribution in [2.75, 3.05) is 0 Å². The Morgan fingerprint density at radius 1 is 0.977 bits per heavy atom. The summed E-state index contributed by atoms with van der Waals surface area (Å²) in [6.45, 7) is 7.44. The van der Waals surface area contributed by atoms with Gasteiger partial charge in [0.1, 0.15) is 5.01 Å². The lowest BCUT2D eigenvalue weighted by molar-refractivity contribution is -0.160. The Morgan fingerprint density at radius 3 is 2.36 bits per heavy atom. The monoisotopic (exact) mass is 626 g/mol. The van der Waals surface area contributed by atoms with Crippen LogP contribution in [-0.2, 0) is 23.6 Å². The van der Waals surface area contributed by atoms with E-state index in [1.807, 2.05) is 88.0 Å². The SMILES string of the molecule is Cc1cc2nc(-c3ccnc(-c4ccc5c(=O)n(C)n(C)c5c4)c3)sc2c(-c2ccc(Cl)cc2)c1[C@H](OC(C)(C)C)C(=O)O. The molecular weight excluding hydrogens is 596 g/mol. The van der Waals surface area contributed by atoms with Gasteiger partial charge in [0.2, 0.25) is 0 Å². The van der Waals surface area contributed by atoms with Crippen molar-refractivity contribution < 1.29 is 14.6 Å².